The molecule has 0 aromatic carbocycles. The maximum absolute atomic E-state index is 5.68. The molecule has 0 saturated heterocycles. The Labute approximate surface area is 84.6 Å². The van der Waals surface area contributed by atoms with Crippen molar-refractivity contribution in [2.45, 2.75) is 37.5 Å². The van der Waals surface area contributed by atoms with Crippen LogP contribution in [0.5, 0.6) is 0 Å². The van der Waals surface area contributed by atoms with Crippen LogP contribution in [-0.2, 0) is 0 Å². The Hall–Kier alpha value is -0.380. The molecule has 3 N–H and O–H groups in total. The van der Waals surface area contributed by atoms with Crippen LogP contribution < -0.4 is 11.1 Å². The summed E-state index contributed by atoms with van der Waals surface area (Å²) in [4.78, 5) is 4.12. The summed E-state index contributed by atoms with van der Waals surface area (Å²) in [6.07, 6.45) is 5.93. The molecule has 0 amide bonds. The monoisotopic (exact) mass is 201 g/mol. The van der Waals surface area contributed by atoms with E-state index >= 15 is 0 Å². The van der Waals surface area contributed by atoms with E-state index in [9.17, 15) is 0 Å². The van der Waals surface area contributed by atoms with Crippen molar-refractivity contribution in [2.24, 2.45) is 10.7 Å². The fraction of sp³-hybridized carbons (Fsp3) is 0.889. The van der Waals surface area contributed by atoms with Crippen molar-refractivity contribution in [1.29, 1.82) is 0 Å². The molecule has 1 fully saturated rings. The third kappa shape index (κ3) is 3.46. The molecule has 1 saturated carbocycles. The number of hydrogen-bond donors (Lipinski definition) is 2. The highest BCUT2D eigenvalue weighted by Crippen LogP contribution is 2.27. The van der Waals surface area contributed by atoms with E-state index < -0.39 is 0 Å². The normalized spacial score (nSPS) is 29.2. The van der Waals surface area contributed by atoms with Crippen LogP contribution >= 0.6 is 11.8 Å². The van der Waals surface area contributed by atoms with Crippen molar-refractivity contribution in [1.82, 2.24) is 5.32 Å². The topological polar surface area (TPSA) is 50.4 Å². The van der Waals surface area contributed by atoms with Gasteiger partial charge in [-0.15, -0.1) is 0 Å². The van der Waals surface area contributed by atoms with Gasteiger partial charge in [-0.05, 0) is 32.4 Å². The average molecular weight is 201 g/mol. The molecule has 4 heteroatoms. The fourth-order valence-corrected chi connectivity index (χ4v) is 2.51. The minimum Gasteiger partial charge on any atom is -0.370 e. The van der Waals surface area contributed by atoms with Gasteiger partial charge in [-0.25, -0.2) is 0 Å². The standard InChI is InChI=1S/C9H19N3S/c1-3-11-9(10)12-7-4-5-8(6-7)13-2/h7-8H,3-6H2,1-2H3,(H3,10,11,12)/t7-,8-/m1/s1. The molecule has 0 aliphatic heterocycles. The van der Waals surface area contributed by atoms with Gasteiger partial charge in [-0.3, -0.25) is 4.99 Å². The second kappa shape index (κ2) is 5.37. The van der Waals surface area contributed by atoms with Gasteiger partial charge in [0, 0.05) is 17.8 Å². The quantitative estimate of drug-likeness (QED) is 0.533. The lowest BCUT2D eigenvalue weighted by atomic mass is 10.2. The number of nitrogens with one attached hydrogen (secondary N) is 1. The number of hydrogen-bond acceptors (Lipinski definition) is 2. The molecule has 76 valence electrons. The summed E-state index contributed by atoms with van der Waals surface area (Å²) in [7, 11) is 0. The number of nitrogens with two attached hydrogens (primary N) is 1. The van der Waals surface area contributed by atoms with Crippen molar-refractivity contribution < 1.29 is 0 Å². The molecular formula is C9H19N3S. The summed E-state index contributed by atoms with van der Waals surface area (Å²) < 4.78 is 0. The largest absolute Gasteiger partial charge is 0.370 e. The summed E-state index contributed by atoms with van der Waals surface area (Å²) in [5.74, 6) is 0.606. The summed E-state index contributed by atoms with van der Waals surface area (Å²) in [5, 5.41) is 4.07. The van der Waals surface area contributed by atoms with Gasteiger partial charge in [-0.1, -0.05) is 0 Å². The van der Waals surface area contributed by atoms with Crippen LogP contribution in [0.4, 0.5) is 0 Å². The molecule has 1 aliphatic carbocycles. The Morgan fingerprint density at radius 3 is 2.92 bits per heavy atom. The average Bonchev–Trinajstić information content (AvgIpc) is 2.52. The van der Waals surface area contributed by atoms with Crippen LogP contribution in [-0.4, -0.2) is 30.1 Å². The van der Waals surface area contributed by atoms with Gasteiger partial charge in [-0.2, -0.15) is 11.8 Å². The first-order chi connectivity index (χ1) is 6.26. The lowest BCUT2D eigenvalue weighted by Gasteiger charge is -2.12. The summed E-state index contributed by atoms with van der Waals surface area (Å²) >= 11 is 1.96. The predicted octanol–water partition coefficient (Wildman–Crippen LogP) is 1.19. The molecular weight excluding hydrogens is 182 g/mol. The number of guanidine groups is 1. The number of aliphatic imine (C=N–C) groups is 1. The molecule has 2 atom stereocenters. The highest BCUT2D eigenvalue weighted by Gasteiger charge is 2.23. The molecule has 13 heavy (non-hydrogen) atoms. The molecule has 3 nitrogen and oxygen atoms in total. The van der Waals surface area contributed by atoms with E-state index in [0.29, 0.717) is 12.0 Å². The van der Waals surface area contributed by atoms with Crippen LogP contribution in [0.25, 0.3) is 0 Å². The van der Waals surface area contributed by atoms with Gasteiger partial charge in [0.25, 0.3) is 0 Å². The van der Waals surface area contributed by atoms with Crippen molar-refractivity contribution in [3.63, 3.8) is 0 Å². The van der Waals surface area contributed by atoms with E-state index in [2.05, 4.69) is 16.6 Å². The maximum atomic E-state index is 5.68. The minimum absolute atomic E-state index is 0.549. The summed E-state index contributed by atoms with van der Waals surface area (Å²) in [6, 6.07) is 0.549. The van der Waals surface area contributed by atoms with Gasteiger partial charge in [0.1, 0.15) is 0 Å². The highest BCUT2D eigenvalue weighted by molar-refractivity contribution is 7.99. The Balaban J connectivity index is 2.27. The number of rotatable bonds is 3. The molecule has 0 heterocycles. The molecule has 0 spiro atoms. The molecule has 1 aliphatic rings. The lowest BCUT2D eigenvalue weighted by Crippen LogP contribution is -2.38. The second-order valence-corrected chi connectivity index (χ2v) is 4.51. The second-order valence-electron chi connectivity index (χ2n) is 3.37. The molecule has 0 aromatic heterocycles. The van der Waals surface area contributed by atoms with Crippen molar-refractivity contribution in [3.8, 4) is 0 Å². The zero-order chi connectivity index (χ0) is 9.68. The van der Waals surface area contributed by atoms with Crippen LogP contribution in [0.15, 0.2) is 4.99 Å². The number of thioether (sulfide) groups is 1. The molecule has 0 aromatic rings. The highest BCUT2D eigenvalue weighted by atomic mass is 32.2. The zero-order valence-corrected chi connectivity index (χ0v) is 9.23. The third-order valence-electron chi connectivity index (χ3n) is 2.40. The Kier molecular flexibility index (Phi) is 4.42. The van der Waals surface area contributed by atoms with Crippen molar-refractivity contribution in [3.05, 3.63) is 0 Å². The van der Waals surface area contributed by atoms with Crippen molar-refractivity contribution in [2.75, 3.05) is 12.8 Å². The molecule has 1 rings (SSSR count). The smallest absolute Gasteiger partial charge is 0.188 e. The van der Waals surface area contributed by atoms with Gasteiger partial charge in [0.05, 0.1) is 0 Å². The molecule has 0 bridgehead atoms. The molecule has 0 unspecified atom stereocenters. The SMILES string of the molecule is CCN=C(N)N[C@@H]1CC[C@@H](SC)C1. The minimum atomic E-state index is 0.549. The Bertz CT molecular complexity index is 182. The van der Waals surface area contributed by atoms with Gasteiger partial charge in [0.2, 0.25) is 0 Å². The maximum Gasteiger partial charge on any atom is 0.188 e. The van der Waals surface area contributed by atoms with Gasteiger partial charge in [0.15, 0.2) is 5.96 Å². The first-order valence-corrected chi connectivity index (χ1v) is 6.14. The van der Waals surface area contributed by atoms with E-state index in [-0.39, 0.29) is 0 Å². The predicted molar refractivity (Wildman–Crippen MR) is 60.2 cm³/mol. The summed E-state index contributed by atoms with van der Waals surface area (Å²) in [5.41, 5.74) is 5.68. The zero-order valence-electron chi connectivity index (χ0n) is 8.42. The van der Waals surface area contributed by atoms with E-state index in [1.54, 1.807) is 0 Å². The lowest BCUT2D eigenvalue weighted by molar-refractivity contribution is 0.627. The van der Waals surface area contributed by atoms with E-state index in [0.717, 1.165) is 11.8 Å². The van der Waals surface area contributed by atoms with Crippen LogP contribution in [0.1, 0.15) is 26.2 Å². The van der Waals surface area contributed by atoms with Gasteiger partial charge >= 0.3 is 0 Å². The Morgan fingerprint density at radius 2 is 2.38 bits per heavy atom. The van der Waals surface area contributed by atoms with E-state index in [1.165, 1.54) is 19.3 Å². The van der Waals surface area contributed by atoms with E-state index in [4.69, 9.17) is 5.73 Å². The van der Waals surface area contributed by atoms with Crippen LogP contribution in [0.3, 0.4) is 0 Å². The first-order valence-electron chi connectivity index (χ1n) is 4.85. The first kappa shape index (κ1) is 10.7. The number of nitrogens with zero attached hydrogens (tertiary/aromatic N) is 1. The third-order valence-corrected chi connectivity index (χ3v) is 3.49. The molecule has 0 radical (unpaired) electrons. The fourth-order valence-electron chi connectivity index (χ4n) is 1.71. The van der Waals surface area contributed by atoms with Crippen molar-refractivity contribution >= 4 is 17.7 Å². The van der Waals surface area contributed by atoms with Crippen LogP contribution in [0, 0.1) is 0 Å². The van der Waals surface area contributed by atoms with Crippen LogP contribution in [0.2, 0.25) is 0 Å². The van der Waals surface area contributed by atoms with E-state index in [1.807, 2.05) is 18.7 Å². The Morgan fingerprint density at radius 1 is 1.62 bits per heavy atom. The summed E-state index contributed by atoms with van der Waals surface area (Å²) in [6.45, 7) is 2.76. The van der Waals surface area contributed by atoms with Gasteiger partial charge < -0.3 is 11.1 Å².